The minimum atomic E-state index is -0.736. The first-order chi connectivity index (χ1) is 7.66. The van der Waals surface area contributed by atoms with Gasteiger partial charge < -0.3 is 14.2 Å². The second-order valence-electron chi connectivity index (χ2n) is 4.51. The third-order valence-corrected chi connectivity index (χ3v) is 3.89. The van der Waals surface area contributed by atoms with Crippen LogP contribution >= 0.6 is 0 Å². The van der Waals surface area contributed by atoms with Crippen molar-refractivity contribution in [3.8, 4) is 0 Å². The number of rotatable bonds is 4. The minimum Gasteiger partial charge on any atom is -0.464 e. The zero-order valence-electron chi connectivity index (χ0n) is 10.2. The molecule has 0 amide bonds. The van der Waals surface area contributed by atoms with Crippen LogP contribution in [0.2, 0.25) is 0 Å². The quantitative estimate of drug-likeness (QED) is 0.540. The summed E-state index contributed by atoms with van der Waals surface area (Å²) in [7, 11) is 0. The lowest BCUT2D eigenvalue weighted by Gasteiger charge is -2.16. The molecule has 0 radical (unpaired) electrons. The van der Waals surface area contributed by atoms with Gasteiger partial charge in [0.05, 0.1) is 19.8 Å². The Morgan fingerprint density at radius 1 is 1.44 bits per heavy atom. The maximum Gasteiger partial charge on any atom is 0.341 e. The Kier molecular flexibility index (Phi) is 2.97. The highest BCUT2D eigenvalue weighted by molar-refractivity contribution is 5.85. The molecule has 2 fully saturated rings. The van der Waals surface area contributed by atoms with Crippen LogP contribution in [0.5, 0.6) is 0 Å². The zero-order valence-corrected chi connectivity index (χ0v) is 10.2. The van der Waals surface area contributed by atoms with Crippen molar-refractivity contribution < 1.29 is 19.0 Å². The molecule has 0 bridgehead atoms. The van der Waals surface area contributed by atoms with Gasteiger partial charge in [-0.1, -0.05) is 13.8 Å². The number of epoxide rings is 1. The standard InChI is InChI=1S/C12H20O4/c1-4-9-7-14-8-12(9)11(5-2,16-12)10(13)15-6-3/h9H,4-8H2,1-3H3. The van der Waals surface area contributed by atoms with Crippen molar-refractivity contribution in [1.29, 1.82) is 0 Å². The van der Waals surface area contributed by atoms with Crippen LogP contribution in [-0.2, 0) is 19.0 Å². The summed E-state index contributed by atoms with van der Waals surface area (Å²) in [6, 6.07) is 0. The molecule has 0 saturated carbocycles. The molecule has 4 heteroatoms. The van der Waals surface area contributed by atoms with Crippen LogP contribution in [0, 0.1) is 5.92 Å². The van der Waals surface area contributed by atoms with Gasteiger partial charge in [-0.25, -0.2) is 4.79 Å². The van der Waals surface area contributed by atoms with Crippen LogP contribution in [-0.4, -0.2) is 37.0 Å². The molecule has 1 spiro atoms. The fourth-order valence-electron chi connectivity index (χ4n) is 2.88. The SMILES string of the molecule is CCOC(=O)C1(CC)OC12COCC2CC. The lowest BCUT2D eigenvalue weighted by Crippen LogP contribution is -2.39. The summed E-state index contributed by atoms with van der Waals surface area (Å²) in [4.78, 5) is 12.0. The van der Waals surface area contributed by atoms with Crippen LogP contribution in [0.1, 0.15) is 33.6 Å². The van der Waals surface area contributed by atoms with E-state index < -0.39 is 11.2 Å². The fraction of sp³-hybridized carbons (Fsp3) is 0.917. The number of hydrogen-bond acceptors (Lipinski definition) is 4. The first kappa shape index (κ1) is 11.9. The van der Waals surface area contributed by atoms with Gasteiger partial charge in [0.15, 0.2) is 5.60 Å². The third-order valence-electron chi connectivity index (χ3n) is 3.89. The summed E-state index contributed by atoms with van der Waals surface area (Å²) in [5.41, 5.74) is -1.14. The minimum absolute atomic E-state index is 0.221. The van der Waals surface area contributed by atoms with E-state index >= 15 is 0 Å². The fourth-order valence-corrected chi connectivity index (χ4v) is 2.88. The Balaban J connectivity index is 2.18. The number of carbonyl (C=O) groups is 1. The van der Waals surface area contributed by atoms with Crippen molar-refractivity contribution in [3.05, 3.63) is 0 Å². The van der Waals surface area contributed by atoms with Gasteiger partial charge in [0.2, 0.25) is 0 Å². The molecule has 16 heavy (non-hydrogen) atoms. The van der Waals surface area contributed by atoms with E-state index in [0.717, 1.165) is 6.42 Å². The summed E-state index contributed by atoms with van der Waals surface area (Å²) in [5, 5.41) is 0. The van der Waals surface area contributed by atoms with Crippen LogP contribution < -0.4 is 0 Å². The number of hydrogen-bond donors (Lipinski definition) is 0. The molecular formula is C12H20O4. The van der Waals surface area contributed by atoms with Crippen molar-refractivity contribution in [3.63, 3.8) is 0 Å². The normalized spacial score (nSPS) is 41.3. The van der Waals surface area contributed by atoms with Gasteiger partial charge in [-0.05, 0) is 19.8 Å². The molecular weight excluding hydrogens is 208 g/mol. The predicted octanol–water partition coefficient (Wildman–Crippen LogP) is 1.52. The highest BCUT2D eigenvalue weighted by Crippen LogP contribution is 2.59. The van der Waals surface area contributed by atoms with E-state index in [-0.39, 0.29) is 5.97 Å². The lowest BCUT2D eigenvalue weighted by atomic mass is 9.81. The van der Waals surface area contributed by atoms with Gasteiger partial charge in [0.25, 0.3) is 0 Å². The maximum absolute atomic E-state index is 12.0. The molecule has 0 aliphatic carbocycles. The van der Waals surface area contributed by atoms with Gasteiger partial charge >= 0.3 is 5.97 Å². The van der Waals surface area contributed by atoms with Crippen LogP contribution in [0.15, 0.2) is 0 Å². The first-order valence-electron chi connectivity index (χ1n) is 6.12. The molecule has 2 saturated heterocycles. The van der Waals surface area contributed by atoms with E-state index in [9.17, 15) is 4.79 Å². The van der Waals surface area contributed by atoms with Crippen molar-refractivity contribution in [2.24, 2.45) is 5.92 Å². The van der Waals surface area contributed by atoms with Gasteiger partial charge in [-0.3, -0.25) is 0 Å². The summed E-state index contributed by atoms with van der Waals surface area (Å²) in [6.07, 6.45) is 1.63. The molecule has 3 unspecified atom stereocenters. The van der Waals surface area contributed by atoms with E-state index in [1.165, 1.54) is 0 Å². The van der Waals surface area contributed by atoms with Crippen molar-refractivity contribution >= 4 is 5.97 Å². The highest BCUT2D eigenvalue weighted by atomic mass is 16.7. The van der Waals surface area contributed by atoms with Crippen LogP contribution in [0.3, 0.4) is 0 Å². The summed E-state index contributed by atoms with van der Waals surface area (Å²) in [5.74, 6) is 0.0957. The molecule has 2 heterocycles. The highest BCUT2D eigenvalue weighted by Gasteiger charge is 2.78. The summed E-state index contributed by atoms with van der Waals surface area (Å²) in [6.45, 7) is 7.51. The topological polar surface area (TPSA) is 48.1 Å². The molecule has 0 N–H and O–H groups in total. The number of ether oxygens (including phenoxy) is 3. The second-order valence-corrected chi connectivity index (χ2v) is 4.51. The summed E-state index contributed by atoms with van der Waals surface area (Å²) >= 11 is 0. The van der Waals surface area contributed by atoms with Gasteiger partial charge in [0.1, 0.15) is 5.60 Å². The number of esters is 1. The molecule has 0 aromatic rings. The average molecular weight is 228 g/mol. The molecule has 2 aliphatic heterocycles. The molecule has 2 aliphatic rings. The Morgan fingerprint density at radius 2 is 2.19 bits per heavy atom. The molecule has 92 valence electrons. The molecule has 0 aromatic carbocycles. The predicted molar refractivity (Wildman–Crippen MR) is 58.1 cm³/mol. The molecule has 3 atom stereocenters. The Morgan fingerprint density at radius 3 is 2.75 bits per heavy atom. The maximum atomic E-state index is 12.0. The average Bonchev–Trinajstić information content (AvgIpc) is 2.76. The second kappa shape index (κ2) is 4.00. The third kappa shape index (κ3) is 1.32. The molecule has 2 rings (SSSR count). The van der Waals surface area contributed by atoms with Crippen LogP contribution in [0.4, 0.5) is 0 Å². The van der Waals surface area contributed by atoms with Gasteiger partial charge in [0, 0.05) is 5.92 Å². The monoisotopic (exact) mass is 228 g/mol. The van der Waals surface area contributed by atoms with Gasteiger partial charge in [-0.15, -0.1) is 0 Å². The summed E-state index contributed by atoms with van der Waals surface area (Å²) < 4.78 is 16.4. The van der Waals surface area contributed by atoms with E-state index in [2.05, 4.69) is 6.92 Å². The first-order valence-corrected chi connectivity index (χ1v) is 6.12. The van der Waals surface area contributed by atoms with Crippen LogP contribution in [0.25, 0.3) is 0 Å². The van der Waals surface area contributed by atoms with E-state index in [4.69, 9.17) is 14.2 Å². The Bertz CT molecular complexity index is 291. The Labute approximate surface area is 96.2 Å². The molecule has 4 nitrogen and oxygen atoms in total. The van der Waals surface area contributed by atoms with Crippen molar-refractivity contribution in [1.82, 2.24) is 0 Å². The zero-order chi connectivity index (χ0) is 11.8. The van der Waals surface area contributed by atoms with Gasteiger partial charge in [-0.2, -0.15) is 0 Å². The largest absolute Gasteiger partial charge is 0.464 e. The van der Waals surface area contributed by atoms with E-state index in [0.29, 0.717) is 32.2 Å². The van der Waals surface area contributed by atoms with E-state index in [1.54, 1.807) is 0 Å². The molecule has 0 aromatic heterocycles. The lowest BCUT2D eigenvalue weighted by molar-refractivity contribution is -0.149. The smallest absolute Gasteiger partial charge is 0.341 e. The number of carbonyl (C=O) groups excluding carboxylic acids is 1. The van der Waals surface area contributed by atoms with Crippen molar-refractivity contribution in [2.75, 3.05) is 19.8 Å². The van der Waals surface area contributed by atoms with Crippen molar-refractivity contribution in [2.45, 2.75) is 44.8 Å². The van der Waals surface area contributed by atoms with E-state index in [1.807, 2.05) is 13.8 Å². The Hall–Kier alpha value is -0.610.